The van der Waals surface area contributed by atoms with Crippen LogP contribution in [0.1, 0.15) is 22.0 Å². The van der Waals surface area contributed by atoms with E-state index in [-0.39, 0.29) is 12.1 Å². The Hall–Kier alpha value is -1.56. The predicted molar refractivity (Wildman–Crippen MR) is 58.2 cm³/mol. The maximum Gasteiger partial charge on any atom is 0.406 e. The number of nitrogens with zero attached hydrogens (tertiary/aromatic N) is 1. The van der Waals surface area contributed by atoms with Gasteiger partial charge in [-0.3, -0.25) is 4.79 Å². The zero-order valence-corrected chi connectivity index (χ0v) is 9.70. The van der Waals surface area contributed by atoms with Gasteiger partial charge in [0.15, 0.2) is 0 Å². The van der Waals surface area contributed by atoms with Crippen molar-refractivity contribution in [3.63, 3.8) is 0 Å². The van der Waals surface area contributed by atoms with Crippen molar-refractivity contribution in [1.82, 2.24) is 4.90 Å². The lowest BCUT2D eigenvalue weighted by atomic mass is 9.96. The summed E-state index contributed by atoms with van der Waals surface area (Å²) in [5.74, 6) is -0.601. The van der Waals surface area contributed by atoms with Crippen LogP contribution in [-0.4, -0.2) is 37.2 Å². The second kappa shape index (κ2) is 4.61. The Balaban J connectivity index is 2.32. The Bertz CT molecular complexity index is 459. The lowest BCUT2D eigenvalue weighted by Gasteiger charge is -2.33. The largest absolute Gasteiger partial charge is 0.406 e. The fraction of sp³-hybridized carbons (Fsp3) is 0.417. The van der Waals surface area contributed by atoms with Crippen molar-refractivity contribution < 1.29 is 22.7 Å². The van der Waals surface area contributed by atoms with Crippen molar-refractivity contribution >= 4 is 5.91 Å². The second-order valence-electron chi connectivity index (χ2n) is 4.11. The van der Waals surface area contributed by atoms with Crippen molar-refractivity contribution in [2.45, 2.75) is 12.3 Å². The molecule has 1 aliphatic rings. The molecule has 1 atom stereocenters. The number of benzene rings is 1. The molecule has 2 rings (SSSR count). The van der Waals surface area contributed by atoms with Crippen LogP contribution in [0.15, 0.2) is 24.3 Å². The molecule has 0 radical (unpaired) electrons. The van der Waals surface area contributed by atoms with Crippen molar-refractivity contribution in [2.75, 3.05) is 20.2 Å². The molecule has 1 aliphatic heterocycles. The molecule has 1 amide bonds. The number of fused-ring (bicyclic) bond motifs is 1. The smallest absolute Gasteiger partial charge is 0.375 e. The first kappa shape index (κ1) is 12.9. The minimum Gasteiger partial charge on any atom is -0.375 e. The molecular weight excluding hydrogens is 247 g/mol. The third-order valence-electron chi connectivity index (χ3n) is 2.87. The SMILES string of the molecule is COC1CN(CC(F)(F)F)C(=O)c2ccccc21. The standard InChI is InChI=1S/C12H12F3NO2/c1-18-10-6-16(7-12(13,14)15)11(17)9-5-3-2-4-8(9)10/h2-5,10H,6-7H2,1H3. The van der Waals surface area contributed by atoms with E-state index in [4.69, 9.17) is 4.74 Å². The molecule has 0 N–H and O–H groups in total. The molecule has 3 nitrogen and oxygen atoms in total. The molecule has 0 saturated carbocycles. The molecule has 18 heavy (non-hydrogen) atoms. The number of halogens is 3. The topological polar surface area (TPSA) is 29.5 Å². The first-order valence-corrected chi connectivity index (χ1v) is 5.40. The molecule has 1 aromatic rings. The molecule has 0 aromatic heterocycles. The Morgan fingerprint density at radius 1 is 1.39 bits per heavy atom. The van der Waals surface area contributed by atoms with E-state index < -0.39 is 24.7 Å². The Kier molecular flexibility index (Phi) is 3.30. The summed E-state index contributed by atoms with van der Waals surface area (Å²) in [4.78, 5) is 12.7. The minimum absolute atomic E-state index is 0.0775. The number of hydrogen-bond acceptors (Lipinski definition) is 2. The summed E-state index contributed by atoms with van der Waals surface area (Å²) in [6, 6.07) is 6.58. The van der Waals surface area contributed by atoms with Crippen LogP contribution in [0.5, 0.6) is 0 Å². The summed E-state index contributed by atoms with van der Waals surface area (Å²) in [7, 11) is 1.42. The minimum atomic E-state index is -4.40. The van der Waals surface area contributed by atoms with Gasteiger partial charge in [-0.1, -0.05) is 18.2 Å². The van der Waals surface area contributed by atoms with Gasteiger partial charge in [0.2, 0.25) is 0 Å². The molecule has 0 saturated heterocycles. The number of ether oxygens (including phenoxy) is 1. The van der Waals surface area contributed by atoms with Crippen LogP contribution < -0.4 is 0 Å². The van der Waals surface area contributed by atoms with Gasteiger partial charge in [-0.25, -0.2) is 0 Å². The molecule has 0 bridgehead atoms. The van der Waals surface area contributed by atoms with E-state index in [2.05, 4.69) is 0 Å². The normalized spacial score (nSPS) is 19.9. The summed E-state index contributed by atoms with van der Waals surface area (Å²) >= 11 is 0. The Morgan fingerprint density at radius 2 is 2.06 bits per heavy atom. The first-order chi connectivity index (χ1) is 8.42. The third kappa shape index (κ3) is 2.48. The van der Waals surface area contributed by atoms with E-state index in [9.17, 15) is 18.0 Å². The fourth-order valence-corrected chi connectivity index (χ4v) is 2.08. The van der Waals surface area contributed by atoms with Gasteiger partial charge in [-0.15, -0.1) is 0 Å². The third-order valence-corrected chi connectivity index (χ3v) is 2.87. The fourth-order valence-electron chi connectivity index (χ4n) is 2.08. The molecule has 98 valence electrons. The van der Waals surface area contributed by atoms with Gasteiger partial charge in [0, 0.05) is 12.7 Å². The molecule has 6 heteroatoms. The van der Waals surface area contributed by atoms with Crippen molar-refractivity contribution in [3.05, 3.63) is 35.4 Å². The van der Waals surface area contributed by atoms with Crippen molar-refractivity contribution in [2.24, 2.45) is 0 Å². The molecule has 1 aromatic carbocycles. The summed E-state index contributed by atoms with van der Waals surface area (Å²) in [5, 5.41) is 0. The summed E-state index contributed by atoms with van der Waals surface area (Å²) in [6.07, 6.45) is -4.92. The molecule has 0 spiro atoms. The second-order valence-corrected chi connectivity index (χ2v) is 4.11. The average molecular weight is 259 g/mol. The quantitative estimate of drug-likeness (QED) is 0.816. The number of carbonyl (C=O) groups excluding carboxylic acids is 1. The molecule has 0 fully saturated rings. The van der Waals surface area contributed by atoms with E-state index in [0.717, 1.165) is 4.90 Å². The van der Waals surface area contributed by atoms with Crippen LogP contribution in [0.4, 0.5) is 13.2 Å². The number of amides is 1. The van der Waals surface area contributed by atoms with Crippen LogP contribution in [-0.2, 0) is 4.74 Å². The number of carbonyl (C=O) groups is 1. The van der Waals surface area contributed by atoms with E-state index in [1.807, 2.05) is 0 Å². The summed E-state index contributed by atoms with van der Waals surface area (Å²) in [5.41, 5.74) is 0.920. The summed E-state index contributed by atoms with van der Waals surface area (Å²) in [6.45, 7) is -1.33. The van der Waals surface area contributed by atoms with E-state index in [1.165, 1.54) is 13.2 Å². The maximum absolute atomic E-state index is 12.4. The van der Waals surface area contributed by atoms with Crippen LogP contribution in [0, 0.1) is 0 Å². The van der Waals surface area contributed by atoms with Crippen LogP contribution in [0.25, 0.3) is 0 Å². The van der Waals surface area contributed by atoms with Crippen molar-refractivity contribution in [3.8, 4) is 0 Å². The van der Waals surface area contributed by atoms with Gasteiger partial charge in [0.05, 0.1) is 6.54 Å². The molecule has 0 aliphatic carbocycles. The van der Waals surface area contributed by atoms with Crippen LogP contribution in [0.3, 0.4) is 0 Å². The number of methoxy groups -OCH3 is 1. The molecule has 1 unspecified atom stereocenters. The molecular formula is C12H12F3NO2. The highest BCUT2D eigenvalue weighted by molar-refractivity contribution is 5.97. The maximum atomic E-state index is 12.4. The lowest BCUT2D eigenvalue weighted by molar-refractivity contribution is -0.144. The van der Waals surface area contributed by atoms with Crippen molar-refractivity contribution in [1.29, 1.82) is 0 Å². The van der Waals surface area contributed by atoms with E-state index in [1.54, 1.807) is 18.2 Å². The molecule has 1 heterocycles. The highest BCUT2D eigenvalue weighted by Crippen LogP contribution is 2.30. The number of hydrogen-bond donors (Lipinski definition) is 0. The van der Waals surface area contributed by atoms with Gasteiger partial charge in [-0.2, -0.15) is 13.2 Å². The van der Waals surface area contributed by atoms with Gasteiger partial charge in [0.1, 0.15) is 12.6 Å². The van der Waals surface area contributed by atoms with Gasteiger partial charge < -0.3 is 9.64 Å². The number of rotatable bonds is 2. The zero-order valence-electron chi connectivity index (χ0n) is 9.70. The number of alkyl halides is 3. The highest BCUT2D eigenvalue weighted by atomic mass is 19.4. The highest BCUT2D eigenvalue weighted by Gasteiger charge is 2.38. The average Bonchev–Trinajstić information content (AvgIpc) is 2.31. The van der Waals surface area contributed by atoms with Gasteiger partial charge in [0.25, 0.3) is 5.91 Å². The first-order valence-electron chi connectivity index (χ1n) is 5.40. The Morgan fingerprint density at radius 3 is 2.67 bits per heavy atom. The van der Waals surface area contributed by atoms with Gasteiger partial charge >= 0.3 is 6.18 Å². The monoisotopic (exact) mass is 259 g/mol. The van der Waals surface area contributed by atoms with E-state index in [0.29, 0.717) is 5.56 Å². The Labute approximate surface area is 102 Å². The van der Waals surface area contributed by atoms with Gasteiger partial charge in [-0.05, 0) is 11.6 Å². The lowest BCUT2D eigenvalue weighted by Crippen LogP contribution is -2.45. The van der Waals surface area contributed by atoms with Crippen LogP contribution in [0.2, 0.25) is 0 Å². The van der Waals surface area contributed by atoms with E-state index >= 15 is 0 Å². The zero-order chi connectivity index (χ0) is 13.3. The summed E-state index contributed by atoms with van der Waals surface area (Å²) < 4.78 is 42.3. The predicted octanol–water partition coefficient (Wildman–Crippen LogP) is 2.39. The van der Waals surface area contributed by atoms with Crippen LogP contribution >= 0.6 is 0 Å².